The summed E-state index contributed by atoms with van der Waals surface area (Å²) in [5.41, 5.74) is 9.60. The number of hydrogen-bond acceptors (Lipinski definition) is 2. The van der Waals surface area contributed by atoms with E-state index in [1.807, 2.05) is 0 Å². The first-order valence-corrected chi connectivity index (χ1v) is 4.90. The van der Waals surface area contributed by atoms with E-state index in [1.165, 1.54) is 10.4 Å². The molecule has 62 valence electrons. The summed E-state index contributed by atoms with van der Waals surface area (Å²) < 4.78 is 0. The first-order chi connectivity index (χ1) is 5.92. The third-order valence-corrected chi connectivity index (χ3v) is 3.21. The van der Waals surface area contributed by atoms with Gasteiger partial charge in [0.2, 0.25) is 0 Å². The van der Waals surface area contributed by atoms with Crippen LogP contribution in [-0.2, 0) is 6.42 Å². The highest BCUT2D eigenvalue weighted by Gasteiger charge is 2.19. The second-order valence-corrected chi connectivity index (χ2v) is 3.91. The van der Waals surface area contributed by atoms with Crippen molar-refractivity contribution in [1.29, 1.82) is 0 Å². The molecule has 3 nitrogen and oxygen atoms in total. The predicted molar refractivity (Wildman–Crippen MR) is 49.1 cm³/mol. The van der Waals surface area contributed by atoms with Gasteiger partial charge in [0.1, 0.15) is 0 Å². The van der Waals surface area contributed by atoms with Crippen LogP contribution in [0.5, 0.6) is 0 Å². The minimum Gasteiger partial charge on any atom is -0.149 e. The summed E-state index contributed by atoms with van der Waals surface area (Å²) in [5, 5.41) is 5.86. The Kier molecular flexibility index (Phi) is 2.02. The normalized spacial score (nSPS) is 21.2. The zero-order chi connectivity index (χ0) is 8.39. The van der Waals surface area contributed by atoms with Crippen LogP contribution in [0.1, 0.15) is 29.3 Å². The predicted octanol–water partition coefficient (Wildman–Crippen LogP) is 3.44. The van der Waals surface area contributed by atoms with E-state index < -0.39 is 0 Å². The molecular weight excluding hydrogens is 170 g/mol. The minimum atomic E-state index is 0.102. The summed E-state index contributed by atoms with van der Waals surface area (Å²) in [5.74, 6) is 0. The molecule has 0 fully saturated rings. The Morgan fingerprint density at radius 2 is 2.58 bits per heavy atom. The Hall–Kier alpha value is -0.990. The molecule has 0 aliphatic heterocycles. The summed E-state index contributed by atoms with van der Waals surface area (Å²) in [4.78, 5) is 4.27. The monoisotopic (exact) mass is 179 g/mol. The highest BCUT2D eigenvalue weighted by molar-refractivity contribution is 7.10. The third kappa shape index (κ3) is 1.19. The quantitative estimate of drug-likeness (QED) is 0.360. The molecule has 1 unspecified atom stereocenters. The van der Waals surface area contributed by atoms with Gasteiger partial charge in [-0.15, -0.1) is 11.3 Å². The third-order valence-electron chi connectivity index (χ3n) is 2.21. The average Bonchev–Trinajstić information content (AvgIpc) is 2.53. The van der Waals surface area contributed by atoms with Gasteiger partial charge >= 0.3 is 0 Å². The fourth-order valence-corrected chi connectivity index (χ4v) is 2.63. The molecule has 0 spiro atoms. The fraction of sp³-hybridized carbons (Fsp3) is 0.500. The van der Waals surface area contributed by atoms with Crippen molar-refractivity contribution in [2.24, 2.45) is 5.11 Å². The lowest BCUT2D eigenvalue weighted by atomic mass is 9.95. The van der Waals surface area contributed by atoms with Gasteiger partial charge in [0.05, 0.1) is 6.04 Å². The number of hydrogen-bond donors (Lipinski definition) is 0. The maximum Gasteiger partial charge on any atom is 0.0636 e. The van der Waals surface area contributed by atoms with Gasteiger partial charge in [-0.2, -0.15) is 0 Å². The molecule has 0 saturated heterocycles. The van der Waals surface area contributed by atoms with Crippen molar-refractivity contribution >= 4 is 11.3 Å². The molecule has 1 aromatic heterocycles. The van der Waals surface area contributed by atoms with Gasteiger partial charge in [-0.05, 0) is 41.8 Å². The van der Waals surface area contributed by atoms with Crippen LogP contribution in [0.25, 0.3) is 10.4 Å². The molecule has 4 heteroatoms. The second kappa shape index (κ2) is 3.17. The Morgan fingerprint density at radius 1 is 1.67 bits per heavy atom. The second-order valence-electron chi connectivity index (χ2n) is 2.91. The molecule has 0 aromatic carbocycles. The lowest BCUT2D eigenvalue weighted by Gasteiger charge is -2.17. The van der Waals surface area contributed by atoms with Crippen molar-refractivity contribution in [2.45, 2.75) is 25.3 Å². The van der Waals surface area contributed by atoms with Crippen LogP contribution in [0.15, 0.2) is 16.6 Å². The molecule has 0 saturated carbocycles. The van der Waals surface area contributed by atoms with E-state index in [2.05, 4.69) is 21.5 Å². The Labute approximate surface area is 74.7 Å². The number of thiophene rings is 1. The zero-order valence-electron chi connectivity index (χ0n) is 6.60. The van der Waals surface area contributed by atoms with E-state index in [9.17, 15) is 0 Å². The summed E-state index contributed by atoms with van der Waals surface area (Å²) in [6, 6.07) is 2.18. The van der Waals surface area contributed by atoms with Crippen molar-refractivity contribution in [3.8, 4) is 0 Å². The standard InChI is InChI=1S/C8H9N3S/c9-11-10-7-2-1-3-8-6(7)4-5-12-8/h4-5,7H,1-3H2. The van der Waals surface area contributed by atoms with Crippen molar-refractivity contribution in [3.63, 3.8) is 0 Å². The maximum absolute atomic E-state index is 8.34. The topological polar surface area (TPSA) is 48.8 Å². The van der Waals surface area contributed by atoms with E-state index in [0.717, 1.165) is 19.3 Å². The van der Waals surface area contributed by atoms with Crippen molar-refractivity contribution in [3.05, 3.63) is 32.3 Å². The number of rotatable bonds is 1. The van der Waals surface area contributed by atoms with Crippen LogP contribution in [0.3, 0.4) is 0 Å². The maximum atomic E-state index is 8.34. The molecule has 1 aliphatic rings. The van der Waals surface area contributed by atoms with Gasteiger partial charge in [-0.3, -0.25) is 0 Å². The van der Waals surface area contributed by atoms with Gasteiger partial charge < -0.3 is 0 Å². The molecule has 1 aromatic rings. The first kappa shape index (κ1) is 7.65. The smallest absolute Gasteiger partial charge is 0.0636 e. The lowest BCUT2D eigenvalue weighted by molar-refractivity contribution is 0.575. The van der Waals surface area contributed by atoms with Crippen LogP contribution in [-0.4, -0.2) is 0 Å². The van der Waals surface area contributed by atoms with E-state index in [0.29, 0.717) is 0 Å². The Bertz CT molecular complexity index is 325. The van der Waals surface area contributed by atoms with Crippen LogP contribution >= 0.6 is 11.3 Å². The SMILES string of the molecule is [N-]=[N+]=NC1CCCc2sccc21. The average molecular weight is 179 g/mol. The fourth-order valence-electron chi connectivity index (χ4n) is 1.64. The van der Waals surface area contributed by atoms with Gasteiger partial charge in [0.15, 0.2) is 0 Å². The number of aryl methyl sites for hydroxylation is 1. The van der Waals surface area contributed by atoms with E-state index in [1.54, 1.807) is 11.3 Å². The van der Waals surface area contributed by atoms with Gasteiger partial charge in [-0.25, -0.2) is 0 Å². The summed E-state index contributed by atoms with van der Waals surface area (Å²) in [6.07, 6.45) is 3.31. The largest absolute Gasteiger partial charge is 0.149 e. The van der Waals surface area contributed by atoms with E-state index in [4.69, 9.17) is 5.53 Å². The summed E-state index contributed by atoms with van der Waals surface area (Å²) >= 11 is 1.77. The molecule has 12 heavy (non-hydrogen) atoms. The van der Waals surface area contributed by atoms with Gasteiger partial charge in [-0.1, -0.05) is 5.11 Å². The molecular formula is C8H9N3S. The van der Waals surface area contributed by atoms with E-state index >= 15 is 0 Å². The molecule has 1 heterocycles. The lowest BCUT2D eigenvalue weighted by Crippen LogP contribution is -2.03. The summed E-state index contributed by atoms with van der Waals surface area (Å²) in [6.45, 7) is 0. The number of azide groups is 1. The number of fused-ring (bicyclic) bond motifs is 1. The summed E-state index contributed by atoms with van der Waals surface area (Å²) in [7, 11) is 0. The van der Waals surface area contributed by atoms with Crippen molar-refractivity contribution < 1.29 is 0 Å². The minimum absolute atomic E-state index is 0.102. The Morgan fingerprint density at radius 3 is 3.42 bits per heavy atom. The highest BCUT2D eigenvalue weighted by Crippen LogP contribution is 2.35. The first-order valence-electron chi connectivity index (χ1n) is 4.02. The van der Waals surface area contributed by atoms with Crippen LogP contribution in [0, 0.1) is 0 Å². The molecule has 1 aliphatic carbocycles. The Balaban J connectivity index is 2.37. The molecule has 0 radical (unpaired) electrons. The number of nitrogens with zero attached hydrogens (tertiary/aromatic N) is 3. The molecule has 2 rings (SSSR count). The van der Waals surface area contributed by atoms with Gasteiger partial charge in [0, 0.05) is 9.79 Å². The van der Waals surface area contributed by atoms with Crippen LogP contribution < -0.4 is 0 Å². The van der Waals surface area contributed by atoms with Crippen LogP contribution in [0.2, 0.25) is 0 Å². The van der Waals surface area contributed by atoms with Gasteiger partial charge in [0.25, 0.3) is 0 Å². The molecule has 0 bridgehead atoms. The highest BCUT2D eigenvalue weighted by atomic mass is 32.1. The van der Waals surface area contributed by atoms with Crippen LogP contribution in [0.4, 0.5) is 0 Å². The zero-order valence-corrected chi connectivity index (χ0v) is 7.42. The molecule has 0 N–H and O–H groups in total. The van der Waals surface area contributed by atoms with Crippen molar-refractivity contribution in [1.82, 2.24) is 0 Å². The molecule has 0 amide bonds. The molecule has 1 atom stereocenters. The van der Waals surface area contributed by atoms with E-state index in [-0.39, 0.29) is 6.04 Å². The van der Waals surface area contributed by atoms with Crippen molar-refractivity contribution in [2.75, 3.05) is 0 Å².